The summed E-state index contributed by atoms with van der Waals surface area (Å²) in [5.41, 5.74) is 6.69. The first-order valence-electron chi connectivity index (χ1n) is 4.19. The van der Waals surface area contributed by atoms with Gasteiger partial charge in [-0.05, 0) is 6.07 Å². The highest BCUT2D eigenvalue weighted by Crippen LogP contribution is 2.24. The van der Waals surface area contributed by atoms with Gasteiger partial charge in [0.2, 0.25) is 5.88 Å². The van der Waals surface area contributed by atoms with Crippen molar-refractivity contribution in [1.29, 1.82) is 0 Å². The van der Waals surface area contributed by atoms with Gasteiger partial charge in [0.15, 0.2) is 5.69 Å². The van der Waals surface area contributed by atoms with Crippen molar-refractivity contribution in [2.45, 2.75) is 0 Å². The number of ether oxygens (including phenoxy) is 1. The number of nitrogens with one attached hydrogen (secondary N) is 1. The van der Waals surface area contributed by atoms with E-state index < -0.39 is 5.97 Å². The van der Waals surface area contributed by atoms with E-state index in [9.17, 15) is 4.79 Å². The number of rotatable bonds is 2. The van der Waals surface area contributed by atoms with Gasteiger partial charge in [-0.3, -0.25) is 0 Å². The van der Waals surface area contributed by atoms with Crippen LogP contribution in [0.15, 0.2) is 12.1 Å². The van der Waals surface area contributed by atoms with Crippen LogP contribution in [0.5, 0.6) is 5.88 Å². The van der Waals surface area contributed by atoms with Gasteiger partial charge in [0.1, 0.15) is 5.52 Å². The lowest BCUT2D eigenvalue weighted by atomic mass is 10.3. The normalized spacial score (nSPS) is 10.5. The third-order valence-electron chi connectivity index (χ3n) is 2.08. The summed E-state index contributed by atoms with van der Waals surface area (Å²) in [5.74, 6) is -0.713. The molecule has 0 aliphatic heterocycles. The number of nitrogen functional groups attached to an aromatic ring is 1. The van der Waals surface area contributed by atoms with E-state index >= 15 is 0 Å². The molecule has 6 nitrogen and oxygen atoms in total. The van der Waals surface area contributed by atoms with Crippen molar-refractivity contribution in [1.82, 2.24) is 9.97 Å². The van der Waals surface area contributed by atoms with Crippen LogP contribution in [0, 0.1) is 0 Å². The van der Waals surface area contributed by atoms with Crippen molar-refractivity contribution in [2.75, 3.05) is 12.8 Å². The maximum Gasteiger partial charge on any atom is 0.354 e. The molecule has 0 aliphatic rings. The van der Waals surface area contributed by atoms with Crippen molar-refractivity contribution < 1.29 is 14.6 Å². The monoisotopic (exact) mass is 207 g/mol. The minimum absolute atomic E-state index is 0.0502. The molecule has 0 aromatic carbocycles. The molecule has 2 aromatic heterocycles. The van der Waals surface area contributed by atoms with E-state index in [1.165, 1.54) is 7.11 Å². The Bertz CT molecular complexity index is 533. The zero-order valence-corrected chi connectivity index (χ0v) is 7.94. The van der Waals surface area contributed by atoms with Gasteiger partial charge >= 0.3 is 5.97 Å². The molecule has 2 aromatic rings. The van der Waals surface area contributed by atoms with Crippen molar-refractivity contribution in [3.63, 3.8) is 0 Å². The molecule has 0 aliphatic carbocycles. The number of aromatic nitrogens is 2. The van der Waals surface area contributed by atoms with Crippen LogP contribution in [-0.4, -0.2) is 28.2 Å². The van der Waals surface area contributed by atoms with Crippen LogP contribution in [0.2, 0.25) is 0 Å². The summed E-state index contributed by atoms with van der Waals surface area (Å²) in [4.78, 5) is 17.5. The fourth-order valence-corrected chi connectivity index (χ4v) is 1.35. The first-order valence-corrected chi connectivity index (χ1v) is 4.19. The second-order valence-corrected chi connectivity index (χ2v) is 2.97. The number of carboxylic acid groups (broad SMARTS) is 1. The molecule has 0 saturated heterocycles. The molecule has 0 spiro atoms. The van der Waals surface area contributed by atoms with Gasteiger partial charge < -0.3 is 20.6 Å². The van der Waals surface area contributed by atoms with Crippen molar-refractivity contribution in [2.24, 2.45) is 0 Å². The van der Waals surface area contributed by atoms with E-state index in [-0.39, 0.29) is 11.4 Å². The van der Waals surface area contributed by atoms with Crippen LogP contribution in [0.4, 0.5) is 5.69 Å². The molecule has 78 valence electrons. The number of carbonyl (C=O) groups is 1. The third kappa shape index (κ3) is 1.35. The second-order valence-electron chi connectivity index (χ2n) is 2.97. The topological polar surface area (TPSA) is 101 Å². The molecule has 6 heteroatoms. The molecule has 0 bridgehead atoms. The van der Waals surface area contributed by atoms with E-state index in [0.29, 0.717) is 16.9 Å². The average Bonchev–Trinajstić information content (AvgIpc) is 2.56. The van der Waals surface area contributed by atoms with Gasteiger partial charge in [-0.1, -0.05) is 0 Å². The molecule has 0 amide bonds. The third-order valence-corrected chi connectivity index (χ3v) is 2.08. The molecule has 2 heterocycles. The number of methoxy groups -OCH3 is 1. The summed E-state index contributed by atoms with van der Waals surface area (Å²) in [6.45, 7) is 0. The number of fused-ring (bicyclic) bond motifs is 1. The molecule has 2 rings (SSSR count). The number of aromatic amines is 1. The molecule has 0 saturated carbocycles. The molecule has 0 radical (unpaired) electrons. The van der Waals surface area contributed by atoms with E-state index in [2.05, 4.69) is 9.97 Å². The second kappa shape index (κ2) is 3.16. The summed E-state index contributed by atoms with van der Waals surface area (Å²) in [5, 5.41) is 8.82. The highest BCUT2D eigenvalue weighted by atomic mass is 16.5. The predicted molar refractivity (Wildman–Crippen MR) is 54.0 cm³/mol. The van der Waals surface area contributed by atoms with Crippen LogP contribution in [0.3, 0.4) is 0 Å². The lowest BCUT2D eigenvalue weighted by molar-refractivity contribution is 0.0692. The quantitative estimate of drug-likeness (QED) is 0.677. The summed E-state index contributed by atoms with van der Waals surface area (Å²) in [6, 6.07) is 3.30. The maximum absolute atomic E-state index is 10.8. The maximum atomic E-state index is 10.8. The van der Waals surface area contributed by atoms with E-state index in [0.717, 1.165) is 0 Å². The number of aromatic carboxylic acids is 1. The number of hydrogen-bond donors (Lipinski definition) is 3. The zero-order valence-electron chi connectivity index (χ0n) is 7.94. The fourth-order valence-electron chi connectivity index (χ4n) is 1.35. The highest BCUT2D eigenvalue weighted by Gasteiger charge is 2.15. The Balaban J connectivity index is 2.72. The van der Waals surface area contributed by atoms with Crippen LogP contribution < -0.4 is 10.5 Å². The summed E-state index contributed by atoms with van der Waals surface area (Å²) < 4.78 is 4.92. The van der Waals surface area contributed by atoms with Crippen LogP contribution in [-0.2, 0) is 0 Å². The van der Waals surface area contributed by atoms with Crippen LogP contribution >= 0.6 is 0 Å². The molecule has 15 heavy (non-hydrogen) atoms. The predicted octanol–water partition coefficient (Wildman–Crippen LogP) is 0.852. The van der Waals surface area contributed by atoms with Gasteiger partial charge in [0, 0.05) is 6.07 Å². The standard InChI is InChI=1S/C9H9N3O3/c1-15-5-3-2-4-7(12-5)6(10)8(11-4)9(13)14/h2-3,11H,10H2,1H3,(H,13,14). The van der Waals surface area contributed by atoms with Crippen LogP contribution in [0.25, 0.3) is 11.0 Å². The SMILES string of the molecule is COc1ccc2[nH]c(C(=O)O)c(N)c2n1. The lowest BCUT2D eigenvalue weighted by Gasteiger charge is -1.97. The largest absolute Gasteiger partial charge is 0.481 e. The van der Waals surface area contributed by atoms with Crippen molar-refractivity contribution in [3.05, 3.63) is 17.8 Å². The Kier molecular flexibility index (Phi) is 1.96. The minimum atomic E-state index is -1.11. The summed E-state index contributed by atoms with van der Waals surface area (Å²) in [6.07, 6.45) is 0. The zero-order chi connectivity index (χ0) is 11.0. The van der Waals surface area contributed by atoms with Gasteiger partial charge in [-0.15, -0.1) is 0 Å². The number of nitrogens with zero attached hydrogens (tertiary/aromatic N) is 1. The van der Waals surface area contributed by atoms with Gasteiger partial charge in [0.05, 0.1) is 18.3 Å². The van der Waals surface area contributed by atoms with Gasteiger partial charge in [0.25, 0.3) is 0 Å². The molecular weight excluding hydrogens is 198 g/mol. The Labute approximate surface area is 84.7 Å². The minimum Gasteiger partial charge on any atom is -0.481 e. The summed E-state index contributed by atoms with van der Waals surface area (Å²) >= 11 is 0. The van der Waals surface area contributed by atoms with Crippen LogP contribution in [0.1, 0.15) is 10.5 Å². The number of hydrogen-bond acceptors (Lipinski definition) is 4. The number of anilines is 1. The Morgan fingerprint density at radius 3 is 2.93 bits per heavy atom. The van der Waals surface area contributed by atoms with E-state index in [1.54, 1.807) is 12.1 Å². The molecule has 0 unspecified atom stereocenters. The first kappa shape index (κ1) is 9.32. The Morgan fingerprint density at radius 1 is 1.60 bits per heavy atom. The average molecular weight is 207 g/mol. The molecule has 0 fully saturated rings. The summed E-state index contributed by atoms with van der Waals surface area (Å²) in [7, 11) is 1.48. The lowest BCUT2D eigenvalue weighted by Crippen LogP contribution is -2.00. The number of pyridine rings is 1. The van der Waals surface area contributed by atoms with Gasteiger partial charge in [-0.25, -0.2) is 9.78 Å². The Hall–Kier alpha value is -2.24. The molecule has 0 atom stereocenters. The number of nitrogens with two attached hydrogens (primary N) is 1. The Morgan fingerprint density at radius 2 is 2.33 bits per heavy atom. The number of H-pyrrole nitrogens is 1. The fraction of sp³-hybridized carbons (Fsp3) is 0.111. The molecule has 4 N–H and O–H groups in total. The van der Waals surface area contributed by atoms with E-state index in [1.807, 2.05) is 0 Å². The highest BCUT2D eigenvalue weighted by molar-refractivity contribution is 6.02. The van der Waals surface area contributed by atoms with Crippen molar-refractivity contribution >= 4 is 22.7 Å². The number of carboxylic acids is 1. The first-order chi connectivity index (χ1) is 7.13. The van der Waals surface area contributed by atoms with Gasteiger partial charge in [-0.2, -0.15) is 0 Å². The van der Waals surface area contributed by atoms with E-state index in [4.69, 9.17) is 15.6 Å². The van der Waals surface area contributed by atoms with Crippen molar-refractivity contribution in [3.8, 4) is 5.88 Å². The molecular formula is C9H9N3O3. The smallest absolute Gasteiger partial charge is 0.354 e.